The van der Waals surface area contributed by atoms with E-state index in [2.05, 4.69) is 30.9 Å². The van der Waals surface area contributed by atoms with Gasteiger partial charge in [0.15, 0.2) is 0 Å². The normalized spacial score (nSPS) is 16.9. The number of nitrogens with one attached hydrogen (secondary N) is 2. The molecule has 0 radical (unpaired) electrons. The van der Waals surface area contributed by atoms with Crippen molar-refractivity contribution in [2.45, 2.75) is 19.4 Å². The van der Waals surface area contributed by atoms with Gasteiger partial charge in [0.2, 0.25) is 5.95 Å². The second-order valence-corrected chi connectivity index (χ2v) is 6.05. The quantitative estimate of drug-likeness (QED) is 0.830. The number of likely N-dealkylation sites (tertiary alicyclic amines) is 1. The van der Waals surface area contributed by atoms with Crippen LogP contribution < -0.4 is 10.6 Å². The lowest BCUT2D eigenvalue weighted by molar-refractivity contribution is -0.124. The molecule has 118 valence electrons. The summed E-state index contributed by atoms with van der Waals surface area (Å²) in [7, 11) is 0. The van der Waals surface area contributed by atoms with Gasteiger partial charge in [-0.1, -0.05) is 0 Å². The number of aromatic nitrogens is 3. The Bertz CT molecular complexity index is 752. The fourth-order valence-corrected chi connectivity index (χ4v) is 3.05. The van der Waals surface area contributed by atoms with Gasteiger partial charge in [-0.3, -0.25) is 4.79 Å². The fraction of sp³-hybridized carbons (Fsp3) is 0.333. The molecule has 23 heavy (non-hydrogen) atoms. The molecule has 1 fully saturated rings. The molecule has 3 rings (SSSR count). The molecule has 2 aromatic rings. The Morgan fingerprint density at radius 2 is 2.43 bits per heavy atom. The average molecular weight is 328 g/mol. The first-order chi connectivity index (χ1) is 11.1. The molecular formula is C15H16N6OS. The second-order valence-electron chi connectivity index (χ2n) is 5.25. The molecule has 1 aliphatic heterocycles. The molecule has 0 bridgehead atoms. The highest BCUT2D eigenvalue weighted by Gasteiger charge is 2.25. The number of aryl methyl sites for hydroxylation is 1. The lowest BCUT2D eigenvalue weighted by Crippen LogP contribution is -2.30. The van der Waals surface area contributed by atoms with Crippen LogP contribution in [0.25, 0.3) is 0 Å². The van der Waals surface area contributed by atoms with E-state index >= 15 is 0 Å². The Labute approximate surface area is 138 Å². The Morgan fingerprint density at radius 3 is 3.17 bits per heavy atom. The molecule has 2 aromatic heterocycles. The molecule has 0 aliphatic carbocycles. The van der Waals surface area contributed by atoms with Gasteiger partial charge in [-0.2, -0.15) is 9.36 Å². The zero-order valence-corrected chi connectivity index (χ0v) is 13.4. The molecule has 0 spiro atoms. The zero-order valence-electron chi connectivity index (χ0n) is 12.6. The molecule has 1 saturated heterocycles. The topological polar surface area (TPSA) is 83.0 Å². The van der Waals surface area contributed by atoms with E-state index in [9.17, 15) is 4.79 Å². The number of anilines is 3. The number of rotatable bonds is 4. The standard InChI is InChI=1S/C15H16N6OS/c1-3-14(22)21-7-5-11(9-21)17-12-4-6-16-15(18-12)19-13-8-10(2)20-23-13/h1,4,6,8,11H,5,7,9H2,2H3,(H2,16,17,18,19)/t11-/m1/s1. The first kappa shape index (κ1) is 15.2. The van der Waals surface area contributed by atoms with Crippen molar-refractivity contribution in [2.75, 3.05) is 23.7 Å². The largest absolute Gasteiger partial charge is 0.365 e. The SMILES string of the molecule is C#CC(=O)N1CC[C@@H](Nc2ccnc(Nc3cc(C)ns3)n2)C1. The van der Waals surface area contributed by atoms with Gasteiger partial charge in [0.25, 0.3) is 5.91 Å². The van der Waals surface area contributed by atoms with Crippen LogP contribution in [0, 0.1) is 19.3 Å². The minimum absolute atomic E-state index is 0.140. The minimum Gasteiger partial charge on any atom is -0.365 e. The van der Waals surface area contributed by atoms with E-state index in [-0.39, 0.29) is 11.9 Å². The lowest BCUT2D eigenvalue weighted by Gasteiger charge is -2.15. The maximum absolute atomic E-state index is 11.5. The summed E-state index contributed by atoms with van der Waals surface area (Å²) in [5, 5.41) is 7.34. The summed E-state index contributed by atoms with van der Waals surface area (Å²) in [5.74, 6) is 3.10. The smallest absolute Gasteiger partial charge is 0.298 e. The third kappa shape index (κ3) is 3.76. The van der Waals surface area contributed by atoms with Crippen LogP contribution in [0.1, 0.15) is 12.1 Å². The van der Waals surface area contributed by atoms with Gasteiger partial charge in [0.05, 0.1) is 5.69 Å². The fourth-order valence-electron chi connectivity index (χ4n) is 2.39. The molecule has 1 aliphatic rings. The van der Waals surface area contributed by atoms with Crippen LogP contribution >= 0.6 is 11.5 Å². The van der Waals surface area contributed by atoms with Crippen molar-refractivity contribution in [3.05, 3.63) is 24.0 Å². The first-order valence-corrected chi connectivity index (χ1v) is 7.97. The monoisotopic (exact) mass is 328 g/mol. The predicted molar refractivity (Wildman–Crippen MR) is 89.6 cm³/mol. The maximum Gasteiger partial charge on any atom is 0.298 e. The van der Waals surface area contributed by atoms with E-state index in [0.717, 1.165) is 17.1 Å². The van der Waals surface area contributed by atoms with Gasteiger partial charge in [-0.05, 0) is 42.9 Å². The molecule has 1 atom stereocenters. The first-order valence-electron chi connectivity index (χ1n) is 7.19. The number of nitrogens with zero attached hydrogens (tertiary/aromatic N) is 4. The van der Waals surface area contributed by atoms with Gasteiger partial charge in [-0.25, -0.2) is 4.98 Å². The van der Waals surface area contributed by atoms with Crippen molar-refractivity contribution in [2.24, 2.45) is 0 Å². The van der Waals surface area contributed by atoms with Gasteiger partial charge in [-0.15, -0.1) is 6.42 Å². The Hall–Kier alpha value is -2.66. The third-order valence-electron chi connectivity index (χ3n) is 3.47. The number of amides is 1. The highest BCUT2D eigenvalue weighted by Crippen LogP contribution is 2.20. The van der Waals surface area contributed by atoms with Gasteiger partial charge < -0.3 is 15.5 Å². The lowest BCUT2D eigenvalue weighted by atomic mass is 10.2. The molecule has 0 saturated carbocycles. The third-order valence-corrected chi connectivity index (χ3v) is 4.27. The number of carbonyl (C=O) groups excluding carboxylic acids is 1. The van der Waals surface area contributed by atoms with Crippen LogP contribution in [0.5, 0.6) is 0 Å². The highest BCUT2D eigenvalue weighted by molar-refractivity contribution is 7.10. The molecule has 1 amide bonds. The van der Waals surface area contributed by atoms with Gasteiger partial charge in [0.1, 0.15) is 10.8 Å². The number of carbonyl (C=O) groups is 1. The minimum atomic E-state index is -0.264. The Balaban J connectivity index is 1.62. The van der Waals surface area contributed by atoms with E-state index in [1.54, 1.807) is 17.2 Å². The molecule has 2 N–H and O–H groups in total. The summed E-state index contributed by atoms with van der Waals surface area (Å²) in [6, 6.07) is 3.88. The Kier molecular flexibility index (Phi) is 4.39. The molecule has 0 aromatic carbocycles. The van der Waals surface area contributed by atoms with Crippen molar-refractivity contribution < 1.29 is 4.79 Å². The maximum atomic E-state index is 11.5. The summed E-state index contributed by atoms with van der Waals surface area (Å²) in [4.78, 5) is 21.8. The number of hydrogen-bond acceptors (Lipinski definition) is 7. The predicted octanol–water partition coefficient (Wildman–Crippen LogP) is 1.63. The summed E-state index contributed by atoms with van der Waals surface area (Å²) < 4.78 is 4.21. The summed E-state index contributed by atoms with van der Waals surface area (Å²) in [6.45, 7) is 3.19. The van der Waals surface area contributed by atoms with Crippen molar-refractivity contribution in [1.29, 1.82) is 0 Å². The van der Waals surface area contributed by atoms with Crippen LogP contribution in [0.2, 0.25) is 0 Å². The van der Waals surface area contributed by atoms with E-state index in [0.29, 0.717) is 24.9 Å². The molecular weight excluding hydrogens is 312 g/mol. The van der Waals surface area contributed by atoms with E-state index in [1.807, 2.05) is 13.0 Å². The van der Waals surface area contributed by atoms with Crippen molar-refractivity contribution >= 4 is 34.2 Å². The van der Waals surface area contributed by atoms with Crippen molar-refractivity contribution in [1.82, 2.24) is 19.2 Å². The molecule has 3 heterocycles. The van der Waals surface area contributed by atoms with Crippen LogP contribution in [0.15, 0.2) is 18.3 Å². The Morgan fingerprint density at radius 1 is 1.57 bits per heavy atom. The van der Waals surface area contributed by atoms with Gasteiger partial charge >= 0.3 is 0 Å². The van der Waals surface area contributed by atoms with Crippen LogP contribution in [-0.2, 0) is 4.79 Å². The molecule has 8 heteroatoms. The van der Waals surface area contributed by atoms with Crippen LogP contribution in [-0.4, -0.2) is 44.3 Å². The second kappa shape index (κ2) is 6.62. The van der Waals surface area contributed by atoms with Crippen molar-refractivity contribution in [3.8, 4) is 12.3 Å². The van der Waals surface area contributed by atoms with Gasteiger partial charge in [0, 0.05) is 25.3 Å². The van der Waals surface area contributed by atoms with Crippen molar-refractivity contribution in [3.63, 3.8) is 0 Å². The highest BCUT2D eigenvalue weighted by atomic mass is 32.1. The molecule has 7 nitrogen and oxygen atoms in total. The summed E-state index contributed by atoms with van der Waals surface area (Å²) >= 11 is 1.36. The molecule has 0 unspecified atom stereocenters. The zero-order chi connectivity index (χ0) is 16.2. The summed E-state index contributed by atoms with van der Waals surface area (Å²) in [6.07, 6.45) is 7.68. The van der Waals surface area contributed by atoms with Crippen LogP contribution in [0.4, 0.5) is 16.8 Å². The number of hydrogen-bond donors (Lipinski definition) is 2. The van der Waals surface area contributed by atoms with E-state index in [1.165, 1.54) is 11.5 Å². The van der Waals surface area contributed by atoms with E-state index < -0.39 is 0 Å². The van der Waals surface area contributed by atoms with E-state index in [4.69, 9.17) is 6.42 Å². The van der Waals surface area contributed by atoms with Crippen LogP contribution in [0.3, 0.4) is 0 Å². The average Bonchev–Trinajstić information content (AvgIpc) is 3.16. The number of terminal acetylenes is 1. The summed E-state index contributed by atoms with van der Waals surface area (Å²) in [5.41, 5.74) is 0.955.